The van der Waals surface area contributed by atoms with E-state index in [1.54, 1.807) is 18.2 Å². The number of hydrogen-bond donors (Lipinski definition) is 2. The Hall–Kier alpha value is -2.43. The molecule has 0 spiro atoms. The predicted molar refractivity (Wildman–Crippen MR) is 65.9 cm³/mol. The summed E-state index contributed by atoms with van der Waals surface area (Å²) in [5.41, 5.74) is 6.96. The number of hydrogen-bond acceptors (Lipinski definition) is 2. The molecule has 5 heteroatoms. The van der Waals surface area contributed by atoms with Crippen molar-refractivity contribution in [3.05, 3.63) is 48.0 Å². The number of halogens is 2. The van der Waals surface area contributed by atoms with Gasteiger partial charge in [0.05, 0.1) is 16.6 Å². The number of benzene rings is 2. The van der Waals surface area contributed by atoms with Crippen molar-refractivity contribution < 1.29 is 8.78 Å². The van der Waals surface area contributed by atoms with E-state index < -0.39 is 11.6 Å². The average Bonchev–Trinajstić information content (AvgIpc) is 2.78. The lowest BCUT2D eigenvalue weighted by Gasteiger charge is -2.01. The van der Waals surface area contributed by atoms with E-state index in [1.165, 1.54) is 18.2 Å². The first-order valence-electron chi connectivity index (χ1n) is 5.35. The number of nitrogens with one attached hydrogen (secondary N) is 1. The fourth-order valence-corrected chi connectivity index (χ4v) is 1.93. The minimum absolute atomic E-state index is 0.0431. The van der Waals surface area contributed by atoms with Gasteiger partial charge in [-0.05, 0) is 24.3 Å². The van der Waals surface area contributed by atoms with Crippen LogP contribution >= 0.6 is 0 Å². The van der Waals surface area contributed by atoms with E-state index in [4.69, 9.17) is 5.73 Å². The Balaban J connectivity index is 2.33. The number of anilines is 1. The molecule has 90 valence electrons. The zero-order chi connectivity index (χ0) is 12.7. The summed E-state index contributed by atoms with van der Waals surface area (Å²) in [4.78, 5) is 0. The summed E-state index contributed by atoms with van der Waals surface area (Å²) in [6, 6.07) is 8.95. The van der Waals surface area contributed by atoms with Crippen LogP contribution in [0.25, 0.3) is 22.2 Å². The van der Waals surface area contributed by atoms with Crippen LogP contribution in [0, 0.1) is 11.6 Å². The molecule has 0 aliphatic rings. The molecule has 3 rings (SSSR count). The Morgan fingerprint density at radius 1 is 1.11 bits per heavy atom. The normalized spacial score (nSPS) is 11.0. The molecule has 2 aromatic carbocycles. The molecule has 0 fully saturated rings. The van der Waals surface area contributed by atoms with Crippen molar-refractivity contribution >= 4 is 16.6 Å². The Labute approximate surface area is 101 Å². The molecule has 0 aliphatic heterocycles. The highest BCUT2D eigenvalue weighted by Crippen LogP contribution is 2.30. The highest BCUT2D eigenvalue weighted by atomic mass is 19.1. The van der Waals surface area contributed by atoms with Crippen LogP contribution in [-0.2, 0) is 0 Å². The maximum absolute atomic E-state index is 14.0. The van der Waals surface area contributed by atoms with Gasteiger partial charge in [0, 0.05) is 5.56 Å². The molecule has 0 atom stereocenters. The lowest BCUT2D eigenvalue weighted by Crippen LogP contribution is -1.91. The van der Waals surface area contributed by atoms with Crippen molar-refractivity contribution in [2.75, 3.05) is 5.73 Å². The number of nitrogen functional groups attached to an aromatic ring is 1. The monoisotopic (exact) mass is 245 g/mol. The lowest BCUT2D eigenvalue weighted by atomic mass is 10.1. The van der Waals surface area contributed by atoms with Gasteiger partial charge < -0.3 is 5.73 Å². The first kappa shape index (κ1) is 10.7. The number of nitrogens with zero attached hydrogens (tertiary/aromatic N) is 1. The zero-order valence-electron chi connectivity index (χ0n) is 9.24. The second-order valence-corrected chi connectivity index (χ2v) is 3.97. The minimum Gasteiger partial charge on any atom is -0.396 e. The van der Waals surface area contributed by atoms with Crippen LogP contribution in [0.15, 0.2) is 36.4 Å². The van der Waals surface area contributed by atoms with Crippen molar-refractivity contribution in [3.8, 4) is 11.3 Å². The molecule has 0 aliphatic carbocycles. The fourth-order valence-electron chi connectivity index (χ4n) is 1.93. The van der Waals surface area contributed by atoms with Crippen molar-refractivity contribution in [1.82, 2.24) is 10.2 Å². The number of rotatable bonds is 1. The van der Waals surface area contributed by atoms with Gasteiger partial charge in [0.2, 0.25) is 0 Å². The number of fused-ring (bicyclic) bond motifs is 1. The summed E-state index contributed by atoms with van der Waals surface area (Å²) in [5, 5.41) is 7.01. The summed E-state index contributed by atoms with van der Waals surface area (Å²) in [7, 11) is 0. The Morgan fingerprint density at radius 2 is 1.94 bits per heavy atom. The fraction of sp³-hybridized carbons (Fsp3) is 0. The lowest BCUT2D eigenvalue weighted by molar-refractivity contribution is 0.628. The quantitative estimate of drug-likeness (QED) is 0.647. The first-order chi connectivity index (χ1) is 8.66. The van der Waals surface area contributed by atoms with Crippen LogP contribution < -0.4 is 5.73 Å². The second kappa shape index (κ2) is 3.80. The van der Waals surface area contributed by atoms with Crippen molar-refractivity contribution in [1.29, 1.82) is 0 Å². The van der Waals surface area contributed by atoms with Gasteiger partial charge in [0.25, 0.3) is 0 Å². The molecule has 3 aromatic rings. The second-order valence-electron chi connectivity index (χ2n) is 3.97. The number of aromatic amines is 1. The van der Waals surface area contributed by atoms with E-state index in [1.807, 2.05) is 0 Å². The molecule has 3 N–H and O–H groups in total. The average molecular weight is 245 g/mol. The summed E-state index contributed by atoms with van der Waals surface area (Å²) < 4.78 is 27.2. The van der Waals surface area contributed by atoms with Gasteiger partial charge in [-0.3, -0.25) is 5.10 Å². The van der Waals surface area contributed by atoms with Crippen molar-refractivity contribution in [2.24, 2.45) is 0 Å². The van der Waals surface area contributed by atoms with Gasteiger partial charge in [-0.15, -0.1) is 0 Å². The summed E-state index contributed by atoms with van der Waals surface area (Å²) in [6.07, 6.45) is 0. The van der Waals surface area contributed by atoms with E-state index in [0.29, 0.717) is 16.8 Å². The zero-order valence-corrected chi connectivity index (χ0v) is 9.24. The van der Waals surface area contributed by atoms with Crippen LogP contribution in [0.2, 0.25) is 0 Å². The molecular weight excluding hydrogens is 236 g/mol. The van der Waals surface area contributed by atoms with E-state index in [0.717, 1.165) is 0 Å². The molecule has 3 nitrogen and oxygen atoms in total. The van der Waals surface area contributed by atoms with Crippen LogP contribution in [-0.4, -0.2) is 10.2 Å². The van der Waals surface area contributed by atoms with Crippen molar-refractivity contribution in [2.45, 2.75) is 0 Å². The van der Waals surface area contributed by atoms with E-state index in [2.05, 4.69) is 10.2 Å². The van der Waals surface area contributed by atoms with Gasteiger partial charge in [-0.25, -0.2) is 8.78 Å². The van der Waals surface area contributed by atoms with Gasteiger partial charge in [0.1, 0.15) is 11.5 Å². The maximum atomic E-state index is 14.0. The highest BCUT2D eigenvalue weighted by molar-refractivity contribution is 5.95. The topological polar surface area (TPSA) is 54.7 Å². The Morgan fingerprint density at radius 3 is 2.72 bits per heavy atom. The summed E-state index contributed by atoms with van der Waals surface area (Å²) in [6.45, 7) is 0. The molecule has 0 saturated carbocycles. The summed E-state index contributed by atoms with van der Waals surface area (Å²) >= 11 is 0. The third-order valence-corrected chi connectivity index (χ3v) is 2.79. The molecular formula is C13H9F2N3. The molecule has 0 unspecified atom stereocenters. The Bertz CT molecular complexity index is 734. The Kier molecular flexibility index (Phi) is 2.26. The SMILES string of the molecule is Nc1ccc2[nH]nc(-c3cccc(F)c3)c2c1F. The first-order valence-corrected chi connectivity index (χ1v) is 5.35. The molecule has 1 aromatic heterocycles. The molecule has 0 bridgehead atoms. The highest BCUT2D eigenvalue weighted by Gasteiger charge is 2.14. The smallest absolute Gasteiger partial charge is 0.157 e. The third kappa shape index (κ3) is 1.52. The van der Waals surface area contributed by atoms with E-state index >= 15 is 0 Å². The van der Waals surface area contributed by atoms with Gasteiger partial charge >= 0.3 is 0 Å². The number of aromatic nitrogens is 2. The van der Waals surface area contributed by atoms with Crippen LogP contribution in [0.3, 0.4) is 0 Å². The van der Waals surface area contributed by atoms with Crippen molar-refractivity contribution in [3.63, 3.8) is 0 Å². The standard InChI is InChI=1S/C13H9F2N3/c14-8-3-1-2-7(6-8)13-11-10(17-18-13)5-4-9(16)12(11)15/h1-6H,16H2,(H,17,18). The number of nitrogens with two attached hydrogens (primary N) is 1. The molecule has 0 radical (unpaired) electrons. The predicted octanol–water partition coefficient (Wildman–Crippen LogP) is 3.09. The van der Waals surface area contributed by atoms with Gasteiger partial charge in [-0.2, -0.15) is 5.10 Å². The van der Waals surface area contributed by atoms with Gasteiger partial charge in [-0.1, -0.05) is 12.1 Å². The molecule has 0 amide bonds. The largest absolute Gasteiger partial charge is 0.396 e. The van der Waals surface area contributed by atoms with Gasteiger partial charge in [0.15, 0.2) is 5.82 Å². The van der Waals surface area contributed by atoms with Crippen LogP contribution in [0.1, 0.15) is 0 Å². The van der Waals surface area contributed by atoms with Crippen LogP contribution in [0.5, 0.6) is 0 Å². The number of H-pyrrole nitrogens is 1. The molecule has 1 heterocycles. The maximum Gasteiger partial charge on any atom is 0.157 e. The van der Waals surface area contributed by atoms with E-state index in [9.17, 15) is 8.78 Å². The minimum atomic E-state index is -0.541. The third-order valence-electron chi connectivity index (χ3n) is 2.79. The van der Waals surface area contributed by atoms with E-state index in [-0.39, 0.29) is 11.1 Å². The molecule has 18 heavy (non-hydrogen) atoms. The molecule has 0 saturated heterocycles. The van der Waals surface area contributed by atoms with Crippen LogP contribution in [0.4, 0.5) is 14.5 Å². The summed E-state index contributed by atoms with van der Waals surface area (Å²) in [5.74, 6) is -0.937.